The third-order valence-corrected chi connectivity index (χ3v) is 2.96. The predicted octanol–water partition coefficient (Wildman–Crippen LogP) is 1.22. The molecule has 5 heteroatoms. The Morgan fingerprint density at radius 2 is 2.41 bits per heavy atom. The molecule has 5 nitrogen and oxygen atoms in total. The lowest BCUT2D eigenvalue weighted by Crippen LogP contribution is -2.32. The zero-order valence-corrected chi connectivity index (χ0v) is 10.9. The van der Waals surface area contributed by atoms with E-state index in [0.717, 1.165) is 12.4 Å². The average Bonchev–Trinajstić information content (AvgIpc) is 2.81. The van der Waals surface area contributed by atoms with E-state index >= 15 is 0 Å². The van der Waals surface area contributed by atoms with Gasteiger partial charge in [-0.25, -0.2) is 4.98 Å². The molecule has 0 aliphatic carbocycles. The average molecular weight is 239 g/mol. The Balaban J connectivity index is 1.81. The van der Waals surface area contributed by atoms with Gasteiger partial charge in [-0.15, -0.1) is 0 Å². The lowest BCUT2D eigenvalue weighted by atomic mass is 10.3. The van der Waals surface area contributed by atoms with Crippen molar-refractivity contribution in [3.63, 3.8) is 0 Å². The fourth-order valence-electron chi connectivity index (χ4n) is 2.06. The predicted molar refractivity (Wildman–Crippen MR) is 64.5 cm³/mol. The third kappa shape index (κ3) is 3.06. The van der Waals surface area contributed by atoms with Crippen molar-refractivity contribution < 1.29 is 9.47 Å². The Kier molecular flexibility index (Phi) is 3.51. The SMILES string of the molecule is CC(NCC1COC(C)(C)O1)c1nccn1C. The molecule has 1 aliphatic rings. The minimum Gasteiger partial charge on any atom is -0.348 e. The second kappa shape index (κ2) is 4.76. The van der Waals surface area contributed by atoms with E-state index in [9.17, 15) is 0 Å². The maximum Gasteiger partial charge on any atom is 0.163 e. The summed E-state index contributed by atoms with van der Waals surface area (Å²) in [5, 5.41) is 3.42. The van der Waals surface area contributed by atoms with Crippen LogP contribution in [0.1, 0.15) is 32.6 Å². The van der Waals surface area contributed by atoms with Crippen molar-refractivity contribution in [3.05, 3.63) is 18.2 Å². The van der Waals surface area contributed by atoms with E-state index in [1.807, 2.05) is 37.9 Å². The number of aromatic nitrogens is 2. The van der Waals surface area contributed by atoms with Crippen LogP contribution in [0.25, 0.3) is 0 Å². The summed E-state index contributed by atoms with van der Waals surface area (Å²) in [6, 6.07) is 0.210. The highest BCUT2D eigenvalue weighted by Gasteiger charge is 2.32. The van der Waals surface area contributed by atoms with E-state index in [2.05, 4.69) is 17.2 Å². The van der Waals surface area contributed by atoms with Crippen LogP contribution in [0, 0.1) is 0 Å². The zero-order valence-electron chi connectivity index (χ0n) is 10.9. The fourth-order valence-corrected chi connectivity index (χ4v) is 2.06. The highest BCUT2D eigenvalue weighted by Crippen LogP contribution is 2.22. The molecular weight excluding hydrogens is 218 g/mol. The first-order valence-electron chi connectivity index (χ1n) is 6.00. The Hall–Kier alpha value is -0.910. The summed E-state index contributed by atoms with van der Waals surface area (Å²) in [6.45, 7) is 7.40. The minimum absolute atomic E-state index is 0.118. The molecule has 1 aromatic rings. The maximum absolute atomic E-state index is 5.73. The standard InChI is InChI=1S/C12H21N3O2/c1-9(11-13-5-6-15(11)4)14-7-10-8-16-12(2,3)17-10/h5-6,9-10,14H,7-8H2,1-4H3. The van der Waals surface area contributed by atoms with Crippen molar-refractivity contribution in [3.8, 4) is 0 Å². The number of hydrogen-bond acceptors (Lipinski definition) is 4. The smallest absolute Gasteiger partial charge is 0.163 e. The van der Waals surface area contributed by atoms with Crippen LogP contribution in [0.15, 0.2) is 12.4 Å². The van der Waals surface area contributed by atoms with Crippen LogP contribution in [-0.4, -0.2) is 34.6 Å². The summed E-state index contributed by atoms with van der Waals surface area (Å²) in [5.41, 5.74) is 0. The van der Waals surface area contributed by atoms with Crippen molar-refractivity contribution in [2.75, 3.05) is 13.2 Å². The minimum atomic E-state index is -0.446. The van der Waals surface area contributed by atoms with Crippen molar-refractivity contribution >= 4 is 0 Å². The summed E-state index contributed by atoms with van der Waals surface area (Å²) < 4.78 is 13.3. The molecule has 0 radical (unpaired) electrons. The number of rotatable bonds is 4. The second-order valence-electron chi connectivity index (χ2n) is 4.98. The molecule has 0 spiro atoms. The molecule has 1 aliphatic heterocycles. The van der Waals surface area contributed by atoms with Crippen LogP contribution in [0.2, 0.25) is 0 Å². The number of nitrogens with zero attached hydrogens (tertiary/aromatic N) is 2. The normalized spacial score (nSPS) is 25.1. The molecule has 0 saturated carbocycles. The van der Waals surface area contributed by atoms with Crippen LogP contribution in [0.4, 0.5) is 0 Å². The molecule has 17 heavy (non-hydrogen) atoms. The number of nitrogens with one attached hydrogen (secondary N) is 1. The van der Waals surface area contributed by atoms with Gasteiger partial charge in [0.2, 0.25) is 0 Å². The van der Waals surface area contributed by atoms with Gasteiger partial charge in [0.15, 0.2) is 5.79 Å². The molecular formula is C12H21N3O2. The van der Waals surface area contributed by atoms with Crippen molar-refractivity contribution in [2.45, 2.75) is 38.7 Å². The van der Waals surface area contributed by atoms with Gasteiger partial charge in [-0.05, 0) is 20.8 Å². The van der Waals surface area contributed by atoms with Crippen molar-refractivity contribution in [2.24, 2.45) is 7.05 Å². The van der Waals surface area contributed by atoms with Gasteiger partial charge >= 0.3 is 0 Å². The van der Waals surface area contributed by atoms with E-state index in [0.29, 0.717) is 6.61 Å². The molecule has 2 heterocycles. The molecule has 0 amide bonds. The van der Waals surface area contributed by atoms with Crippen LogP contribution >= 0.6 is 0 Å². The molecule has 0 aromatic carbocycles. The van der Waals surface area contributed by atoms with Gasteiger partial charge in [-0.1, -0.05) is 0 Å². The van der Waals surface area contributed by atoms with Gasteiger partial charge in [0.1, 0.15) is 5.82 Å². The van der Waals surface area contributed by atoms with Crippen molar-refractivity contribution in [1.82, 2.24) is 14.9 Å². The topological polar surface area (TPSA) is 48.3 Å². The van der Waals surface area contributed by atoms with Gasteiger partial charge in [0.25, 0.3) is 0 Å². The molecule has 1 saturated heterocycles. The first kappa shape index (κ1) is 12.5. The molecule has 2 unspecified atom stereocenters. The van der Waals surface area contributed by atoms with Crippen molar-refractivity contribution in [1.29, 1.82) is 0 Å². The molecule has 2 rings (SSSR count). The molecule has 0 bridgehead atoms. The van der Waals surface area contributed by atoms with E-state index in [1.165, 1.54) is 0 Å². The quantitative estimate of drug-likeness (QED) is 0.858. The third-order valence-electron chi connectivity index (χ3n) is 2.96. The molecule has 2 atom stereocenters. The number of hydrogen-bond donors (Lipinski definition) is 1. The Labute approximate surface area is 102 Å². The lowest BCUT2D eigenvalue weighted by Gasteiger charge is -2.19. The zero-order chi connectivity index (χ0) is 12.5. The Morgan fingerprint density at radius 3 is 2.94 bits per heavy atom. The van der Waals surface area contributed by atoms with Gasteiger partial charge < -0.3 is 19.4 Å². The van der Waals surface area contributed by atoms with E-state index in [1.54, 1.807) is 0 Å². The van der Waals surface area contributed by atoms with E-state index in [4.69, 9.17) is 9.47 Å². The molecule has 1 N–H and O–H groups in total. The molecule has 1 fully saturated rings. The van der Waals surface area contributed by atoms with Crippen LogP contribution < -0.4 is 5.32 Å². The summed E-state index contributed by atoms with van der Waals surface area (Å²) in [7, 11) is 2.00. The Bertz CT molecular complexity index is 376. The van der Waals surface area contributed by atoms with Crippen LogP contribution in [0.3, 0.4) is 0 Å². The monoisotopic (exact) mass is 239 g/mol. The van der Waals surface area contributed by atoms with Crippen LogP contribution in [0.5, 0.6) is 0 Å². The first-order valence-corrected chi connectivity index (χ1v) is 6.00. The van der Waals surface area contributed by atoms with Gasteiger partial charge in [0.05, 0.1) is 18.8 Å². The highest BCUT2D eigenvalue weighted by molar-refractivity contribution is 4.97. The fraction of sp³-hybridized carbons (Fsp3) is 0.750. The number of imidazole rings is 1. The second-order valence-corrected chi connectivity index (χ2v) is 4.98. The van der Waals surface area contributed by atoms with Gasteiger partial charge in [0, 0.05) is 26.0 Å². The number of aryl methyl sites for hydroxylation is 1. The van der Waals surface area contributed by atoms with Crippen LogP contribution in [-0.2, 0) is 16.5 Å². The summed E-state index contributed by atoms with van der Waals surface area (Å²) in [6.07, 6.45) is 3.88. The molecule has 96 valence electrons. The maximum atomic E-state index is 5.73. The molecule has 1 aromatic heterocycles. The lowest BCUT2D eigenvalue weighted by molar-refractivity contribution is -0.137. The van der Waals surface area contributed by atoms with E-state index in [-0.39, 0.29) is 12.1 Å². The van der Waals surface area contributed by atoms with Gasteiger partial charge in [-0.3, -0.25) is 0 Å². The summed E-state index contributed by atoms with van der Waals surface area (Å²) in [5.74, 6) is 0.585. The van der Waals surface area contributed by atoms with E-state index < -0.39 is 5.79 Å². The summed E-state index contributed by atoms with van der Waals surface area (Å²) >= 11 is 0. The summed E-state index contributed by atoms with van der Waals surface area (Å²) in [4.78, 5) is 4.32. The van der Waals surface area contributed by atoms with Gasteiger partial charge in [-0.2, -0.15) is 0 Å². The Morgan fingerprint density at radius 1 is 1.65 bits per heavy atom. The number of ether oxygens (including phenoxy) is 2. The first-order chi connectivity index (χ1) is 7.98. The highest BCUT2D eigenvalue weighted by atomic mass is 16.7. The largest absolute Gasteiger partial charge is 0.348 e.